The van der Waals surface area contributed by atoms with Crippen molar-refractivity contribution in [3.05, 3.63) is 21.7 Å². The molecule has 0 amide bonds. The van der Waals surface area contributed by atoms with E-state index in [1.165, 1.54) is 6.07 Å². The zero-order valence-corrected chi connectivity index (χ0v) is 8.96. The number of hydrogen-bond acceptors (Lipinski definition) is 3. The van der Waals surface area contributed by atoms with Gasteiger partial charge in [0.25, 0.3) is 0 Å². The number of nitrogens with zero attached hydrogens (tertiary/aromatic N) is 1. The maximum atomic E-state index is 9.32. The van der Waals surface area contributed by atoms with E-state index in [0.717, 1.165) is 11.8 Å². The van der Waals surface area contributed by atoms with E-state index in [1.807, 2.05) is 5.40 Å². The summed E-state index contributed by atoms with van der Waals surface area (Å²) in [5.41, 5.74) is 0.662. The van der Waals surface area contributed by atoms with Crippen molar-refractivity contribution in [3.8, 4) is 11.2 Å². The van der Waals surface area contributed by atoms with E-state index in [1.54, 1.807) is 6.92 Å². The number of nitriles is 1. The van der Waals surface area contributed by atoms with Crippen molar-refractivity contribution in [2.75, 3.05) is 0 Å². The van der Waals surface area contributed by atoms with Crippen molar-refractivity contribution in [2.45, 2.75) is 11.8 Å². The molecule has 5 heteroatoms. The van der Waals surface area contributed by atoms with Crippen LogP contribution in [-0.4, -0.2) is 5.11 Å². The molecule has 0 saturated carbocycles. The van der Waals surface area contributed by atoms with Crippen LogP contribution in [0.25, 0.3) is 0 Å². The Kier molecular flexibility index (Phi) is 3.32. The number of phenols is 1. The molecule has 1 aromatic carbocycles. The van der Waals surface area contributed by atoms with Crippen molar-refractivity contribution in [1.82, 2.24) is 0 Å². The van der Waals surface area contributed by atoms with E-state index >= 15 is 0 Å². The van der Waals surface area contributed by atoms with Crippen LogP contribution in [0.15, 0.2) is 11.0 Å². The second kappa shape index (κ2) is 4.10. The molecule has 0 spiro atoms. The Bertz CT molecular complexity index is 387. The molecule has 13 heavy (non-hydrogen) atoms. The molecule has 1 N–H and O–H groups in total. The average Bonchev–Trinajstić information content (AvgIpc) is 2.11. The lowest BCUT2D eigenvalue weighted by atomic mass is 10.2. The molecule has 0 bridgehead atoms. The van der Waals surface area contributed by atoms with Gasteiger partial charge >= 0.3 is 0 Å². The van der Waals surface area contributed by atoms with Crippen molar-refractivity contribution < 1.29 is 5.11 Å². The number of phenolic OH excluding ortho intramolecular Hbond substituents is 1. The standard InChI is InChI=1S/C8H5Cl2NOS/c1-4-6(13-3-11)2-5(9)8(12)7(4)10/h2,12H,1H3. The summed E-state index contributed by atoms with van der Waals surface area (Å²) in [7, 11) is 0. The Morgan fingerprint density at radius 2 is 2.15 bits per heavy atom. The molecule has 0 atom stereocenters. The van der Waals surface area contributed by atoms with Gasteiger partial charge in [0, 0.05) is 4.90 Å². The quantitative estimate of drug-likeness (QED) is 0.596. The van der Waals surface area contributed by atoms with E-state index in [2.05, 4.69) is 0 Å². The molecule has 68 valence electrons. The Hall–Kier alpha value is -0.560. The first-order chi connectivity index (χ1) is 6.07. The molecular formula is C8H5Cl2NOS. The fourth-order valence-corrected chi connectivity index (χ4v) is 1.94. The number of hydrogen-bond donors (Lipinski definition) is 1. The summed E-state index contributed by atoms with van der Waals surface area (Å²) in [4.78, 5) is 0.662. The van der Waals surface area contributed by atoms with Gasteiger partial charge in [-0.05, 0) is 30.3 Å². The zero-order valence-electron chi connectivity index (χ0n) is 6.64. The van der Waals surface area contributed by atoms with Crippen molar-refractivity contribution in [2.24, 2.45) is 0 Å². The summed E-state index contributed by atoms with van der Waals surface area (Å²) in [6, 6.07) is 1.52. The number of aromatic hydroxyl groups is 1. The molecule has 0 fully saturated rings. The lowest BCUT2D eigenvalue weighted by molar-refractivity contribution is 0.475. The minimum atomic E-state index is -0.136. The first-order valence-electron chi connectivity index (χ1n) is 3.31. The normalized spacial score (nSPS) is 9.69. The fourth-order valence-electron chi connectivity index (χ4n) is 0.838. The molecule has 0 aliphatic rings. The third-order valence-electron chi connectivity index (χ3n) is 1.55. The highest BCUT2D eigenvalue weighted by Gasteiger charge is 2.12. The first-order valence-corrected chi connectivity index (χ1v) is 4.88. The van der Waals surface area contributed by atoms with Gasteiger partial charge < -0.3 is 5.11 Å². The average molecular weight is 234 g/mol. The Morgan fingerprint density at radius 1 is 1.54 bits per heavy atom. The van der Waals surface area contributed by atoms with Crippen LogP contribution in [0.4, 0.5) is 0 Å². The second-order valence-corrected chi connectivity index (χ2v) is 3.95. The topological polar surface area (TPSA) is 44.0 Å². The fraction of sp³-hybridized carbons (Fsp3) is 0.125. The molecule has 1 rings (SSSR count). The number of benzene rings is 1. The van der Waals surface area contributed by atoms with E-state index in [4.69, 9.17) is 28.5 Å². The molecule has 0 aliphatic heterocycles. The predicted octanol–water partition coefficient (Wildman–Crippen LogP) is 3.58. The Balaban J connectivity index is 3.34. The Morgan fingerprint density at radius 3 is 2.69 bits per heavy atom. The van der Waals surface area contributed by atoms with Gasteiger partial charge in [-0.1, -0.05) is 23.2 Å². The van der Waals surface area contributed by atoms with Crippen LogP contribution in [0.1, 0.15) is 5.56 Å². The minimum absolute atomic E-state index is 0.136. The summed E-state index contributed by atoms with van der Waals surface area (Å²) >= 11 is 12.4. The number of halogens is 2. The third-order valence-corrected chi connectivity index (χ3v) is 3.03. The largest absolute Gasteiger partial charge is 0.505 e. The summed E-state index contributed by atoms with van der Waals surface area (Å²) in [5.74, 6) is -0.136. The van der Waals surface area contributed by atoms with Crippen molar-refractivity contribution in [1.29, 1.82) is 5.26 Å². The van der Waals surface area contributed by atoms with Gasteiger partial charge in [-0.3, -0.25) is 0 Å². The lowest BCUT2D eigenvalue weighted by Crippen LogP contribution is -1.82. The highest BCUT2D eigenvalue weighted by molar-refractivity contribution is 8.03. The predicted molar refractivity (Wildman–Crippen MR) is 54.3 cm³/mol. The summed E-state index contributed by atoms with van der Waals surface area (Å²) in [6.07, 6.45) is 0. The van der Waals surface area contributed by atoms with Gasteiger partial charge in [0.15, 0.2) is 5.75 Å². The number of thiocyanates is 1. The van der Waals surface area contributed by atoms with Gasteiger partial charge in [-0.15, -0.1) is 0 Å². The van der Waals surface area contributed by atoms with Gasteiger partial charge in [0.1, 0.15) is 5.40 Å². The molecule has 2 nitrogen and oxygen atoms in total. The monoisotopic (exact) mass is 233 g/mol. The number of rotatable bonds is 1. The highest BCUT2D eigenvalue weighted by Crippen LogP contribution is 2.39. The van der Waals surface area contributed by atoms with Crippen LogP contribution in [0.3, 0.4) is 0 Å². The summed E-state index contributed by atoms with van der Waals surface area (Å²) in [6.45, 7) is 1.72. The van der Waals surface area contributed by atoms with Gasteiger partial charge in [-0.2, -0.15) is 5.26 Å². The van der Waals surface area contributed by atoms with Crippen LogP contribution in [0.2, 0.25) is 10.0 Å². The van der Waals surface area contributed by atoms with E-state index < -0.39 is 0 Å². The zero-order chi connectivity index (χ0) is 10.0. The second-order valence-electron chi connectivity index (χ2n) is 2.34. The van der Waals surface area contributed by atoms with Crippen LogP contribution in [-0.2, 0) is 0 Å². The van der Waals surface area contributed by atoms with Crippen molar-refractivity contribution in [3.63, 3.8) is 0 Å². The molecule has 0 aromatic heterocycles. The van der Waals surface area contributed by atoms with Gasteiger partial charge in [-0.25, -0.2) is 0 Å². The van der Waals surface area contributed by atoms with Crippen LogP contribution >= 0.6 is 35.0 Å². The van der Waals surface area contributed by atoms with Crippen LogP contribution in [0.5, 0.6) is 5.75 Å². The molecule has 0 saturated heterocycles. The smallest absolute Gasteiger partial charge is 0.153 e. The maximum absolute atomic E-state index is 9.32. The first kappa shape index (κ1) is 10.5. The maximum Gasteiger partial charge on any atom is 0.153 e. The number of thioether (sulfide) groups is 1. The molecule has 1 aromatic rings. The minimum Gasteiger partial charge on any atom is -0.505 e. The summed E-state index contributed by atoms with van der Waals surface area (Å²) < 4.78 is 0. The van der Waals surface area contributed by atoms with E-state index in [0.29, 0.717) is 10.5 Å². The molecule has 0 heterocycles. The SMILES string of the molecule is Cc1c(SC#N)cc(Cl)c(O)c1Cl. The molecule has 0 unspecified atom stereocenters. The lowest BCUT2D eigenvalue weighted by Gasteiger charge is -2.06. The van der Waals surface area contributed by atoms with Crippen molar-refractivity contribution >= 4 is 35.0 Å². The molecular weight excluding hydrogens is 229 g/mol. The highest BCUT2D eigenvalue weighted by atomic mass is 35.5. The van der Waals surface area contributed by atoms with Gasteiger partial charge in [0.05, 0.1) is 10.0 Å². The van der Waals surface area contributed by atoms with Crippen LogP contribution in [0, 0.1) is 17.6 Å². The van der Waals surface area contributed by atoms with Gasteiger partial charge in [0.2, 0.25) is 0 Å². The molecule has 0 radical (unpaired) electrons. The van der Waals surface area contributed by atoms with E-state index in [-0.39, 0.29) is 15.8 Å². The molecule has 0 aliphatic carbocycles. The summed E-state index contributed by atoms with van der Waals surface area (Å²) in [5, 5.41) is 20.1. The van der Waals surface area contributed by atoms with E-state index in [9.17, 15) is 5.11 Å². The Labute approximate surface area is 90.1 Å². The van der Waals surface area contributed by atoms with Crippen LogP contribution < -0.4 is 0 Å². The third kappa shape index (κ3) is 2.02.